The number of carbonyl (C=O) groups is 2. The van der Waals surface area contributed by atoms with Gasteiger partial charge < -0.3 is 15.0 Å². The van der Waals surface area contributed by atoms with E-state index in [0.29, 0.717) is 12.1 Å². The van der Waals surface area contributed by atoms with Crippen LogP contribution in [0.1, 0.15) is 15.9 Å². The number of nitrogens with one attached hydrogen (secondary N) is 2. The number of esters is 1. The molecule has 3 aromatic rings. The number of imidazole rings is 1. The first-order chi connectivity index (χ1) is 11.2. The molecule has 2 N–H and O–H groups in total. The summed E-state index contributed by atoms with van der Waals surface area (Å²) in [4.78, 5) is 30.7. The molecule has 6 nitrogen and oxygen atoms in total. The maximum Gasteiger partial charge on any atom is 0.338 e. The zero-order valence-corrected chi connectivity index (χ0v) is 12.3. The summed E-state index contributed by atoms with van der Waals surface area (Å²) in [5.74, 6) is -0.888. The van der Waals surface area contributed by atoms with Crippen molar-refractivity contribution in [1.82, 2.24) is 15.3 Å². The van der Waals surface area contributed by atoms with Crippen molar-refractivity contribution in [2.75, 3.05) is 6.61 Å². The molecular weight excluding hydrogens is 294 g/mol. The first kappa shape index (κ1) is 14.8. The quantitative estimate of drug-likeness (QED) is 0.706. The maximum absolute atomic E-state index is 12.0. The minimum Gasteiger partial charge on any atom is -0.452 e. The molecule has 1 heterocycles. The fourth-order valence-corrected chi connectivity index (χ4v) is 2.12. The number of H-pyrrole nitrogens is 1. The van der Waals surface area contributed by atoms with Crippen LogP contribution in [0.15, 0.2) is 54.9 Å². The van der Waals surface area contributed by atoms with Crippen LogP contribution in [0.3, 0.4) is 0 Å². The van der Waals surface area contributed by atoms with E-state index < -0.39 is 5.97 Å². The highest BCUT2D eigenvalue weighted by atomic mass is 16.5. The van der Waals surface area contributed by atoms with E-state index in [1.54, 1.807) is 24.5 Å². The van der Waals surface area contributed by atoms with Crippen molar-refractivity contribution in [3.8, 4) is 0 Å². The summed E-state index contributed by atoms with van der Waals surface area (Å²) in [5, 5.41) is 2.70. The normalized spacial score (nSPS) is 10.4. The largest absolute Gasteiger partial charge is 0.452 e. The van der Waals surface area contributed by atoms with Crippen LogP contribution in [0.25, 0.3) is 11.0 Å². The molecule has 116 valence electrons. The lowest BCUT2D eigenvalue weighted by Gasteiger charge is -2.07. The molecule has 0 aliphatic heterocycles. The van der Waals surface area contributed by atoms with Crippen molar-refractivity contribution in [1.29, 1.82) is 0 Å². The van der Waals surface area contributed by atoms with Crippen LogP contribution in [-0.4, -0.2) is 28.5 Å². The Hall–Kier alpha value is -3.15. The van der Waals surface area contributed by atoms with E-state index in [9.17, 15) is 9.59 Å². The van der Waals surface area contributed by atoms with Crippen LogP contribution >= 0.6 is 0 Å². The average molecular weight is 309 g/mol. The molecule has 0 aliphatic carbocycles. The second-order valence-corrected chi connectivity index (χ2v) is 4.97. The summed E-state index contributed by atoms with van der Waals surface area (Å²) < 4.78 is 5.02. The fourth-order valence-electron chi connectivity index (χ4n) is 2.12. The molecule has 0 saturated carbocycles. The monoisotopic (exact) mass is 309 g/mol. The number of aromatic nitrogens is 2. The number of rotatable bonds is 5. The topological polar surface area (TPSA) is 84.1 Å². The Balaban J connectivity index is 1.51. The Bertz CT molecular complexity index is 827. The number of hydrogen-bond donors (Lipinski definition) is 2. The van der Waals surface area contributed by atoms with Crippen molar-refractivity contribution in [3.63, 3.8) is 0 Å². The van der Waals surface area contributed by atoms with Gasteiger partial charge in [-0.25, -0.2) is 9.78 Å². The van der Waals surface area contributed by atoms with Crippen LogP contribution < -0.4 is 5.32 Å². The van der Waals surface area contributed by atoms with Crippen LogP contribution in [0.5, 0.6) is 0 Å². The number of ether oxygens (including phenoxy) is 1. The number of nitrogens with zero attached hydrogens (tertiary/aromatic N) is 1. The highest BCUT2D eigenvalue weighted by molar-refractivity contribution is 5.94. The highest BCUT2D eigenvalue weighted by Gasteiger charge is 2.11. The number of carbonyl (C=O) groups excluding carboxylic acids is 2. The minimum atomic E-state index is -0.545. The van der Waals surface area contributed by atoms with Crippen molar-refractivity contribution in [3.05, 3.63) is 66.0 Å². The Labute approximate surface area is 132 Å². The Kier molecular flexibility index (Phi) is 4.33. The third-order valence-electron chi connectivity index (χ3n) is 3.32. The summed E-state index contributed by atoms with van der Waals surface area (Å²) >= 11 is 0. The molecule has 2 aromatic carbocycles. The maximum atomic E-state index is 12.0. The molecule has 0 aliphatic rings. The Morgan fingerprint density at radius 1 is 1.13 bits per heavy atom. The first-order valence-corrected chi connectivity index (χ1v) is 7.13. The molecule has 1 aromatic heterocycles. The second-order valence-electron chi connectivity index (χ2n) is 4.97. The molecule has 0 fully saturated rings. The van der Waals surface area contributed by atoms with Gasteiger partial charge in [0, 0.05) is 6.54 Å². The smallest absolute Gasteiger partial charge is 0.338 e. The van der Waals surface area contributed by atoms with Gasteiger partial charge in [0.1, 0.15) is 0 Å². The van der Waals surface area contributed by atoms with Crippen LogP contribution in [0.4, 0.5) is 0 Å². The van der Waals surface area contributed by atoms with Crippen LogP contribution in [0.2, 0.25) is 0 Å². The van der Waals surface area contributed by atoms with E-state index in [1.807, 2.05) is 30.3 Å². The predicted molar refractivity (Wildman–Crippen MR) is 84.7 cm³/mol. The second kappa shape index (κ2) is 6.74. The number of fused-ring (bicyclic) bond motifs is 1. The van der Waals surface area contributed by atoms with Gasteiger partial charge in [-0.3, -0.25) is 4.79 Å². The van der Waals surface area contributed by atoms with E-state index in [0.717, 1.165) is 16.6 Å². The highest BCUT2D eigenvalue weighted by Crippen LogP contribution is 2.12. The number of aromatic amines is 1. The summed E-state index contributed by atoms with van der Waals surface area (Å²) in [6.45, 7) is 0.0873. The van der Waals surface area contributed by atoms with Gasteiger partial charge in [-0.1, -0.05) is 30.3 Å². The van der Waals surface area contributed by atoms with Crippen molar-refractivity contribution in [2.45, 2.75) is 6.54 Å². The lowest BCUT2D eigenvalue weighted by atomic mass is 10.2. The molecule has 0 saturated heterocycles. The SMILES string of the molecule is O=C(COC(=O)c1ccc2nc[nH]c2c1)NCc1ccccc1. The summed E-state index contributed by atoms with van der Waals surface area (Å²) in [7, 11) is 0. The third kappa shape index (κ3) is 3.74. The van der Waals surface area contributed by atoms with Gasteiger partial charge >= 0.3 is 5.97 Å². The number of hydrogen-bond acceptors (Lipinski definition) is 4. The summed E-state index contributed by atoms with van der Waals surface area (Å²) in [6, 6.07) is 14.5. The number of benzene rings is 2. The average Bonchev–Trinajstić information content (AvgIpc) is 3.06. The molecular formula is C17H15N3O3. The van der Waals surface area contributed by atoms with Gasteiger partial charge in [0.2, 0.25) is 0 Å². The van der Waals surface area contributed by atoms with E-state index in [-0.39, 0.29) is 12.5 Å². The zero-order chi connectivity index (χ0) is 16.1. The molecule has 3 rings (SSSR count). The van der Waals surface area contributed by atoms with E-state index >= 15 is 0 Å². The van der Waals surface area contributed by atoms with Crippen molar-refractivity contribution < 1.29 is 14.3 Å². The number of amides is 1. The van der Waals surface area contributed by atoms with Gasteiger partial charge in [-0.15, -0.1) is 0 Å². The van der Waals surface area contributed by atoms with Gasteiger partial charge in [0.15, 0.2) is 6.61 Å². The molecule has 6 heteroatoms. The lowest BCUT2D eigenvalue weighted by molar-refractivity contribution is -0.124. The fraction of sp³-hybridized carbons (Fsp3) is 0.118. The molecule has 0 unspecified atom stereocenters. The molecule has 0 radical (unpaired) electrons. The van der Waals surface area contributed by atoms with Gasteiger partial charge in [0.25, 0.3) is 5.91 Å². The third-order valence-corrected chi connectivity index (χ3v) is 3.32. The van der Waals surface area contributed by atoms with Crippen molar-refractivity contribution >= 4 is 22.9 Å². The van der Waals surface area contributed by atoms with E-state index in [1.165, 1.54) is 0 Å². The lowest BCUT2D eigenvalue weighted by Crippen LogP contribution is -2.28. The standard InChI is InChI=1S/C17H15N3O3/c21-16(18-9-12-4-2-1-3-5-12)10-23-17(22)13-6-7-14-15(8-13)20-11-19-14/h1-8,11H,9-10H2,(H,18,21)(H,19,20). The molecule has 23 heavy (non-hydrogen) atoms. The summed E-state index contributed by atoms with van der Waals surface area (Å²) in [6.07, 6.45) is 1.55. The molecule has 0 atom stereocenters. The molecule has 0 spiro atoms. The minimum absolute atomic E-state index is 0.313. The first-order valence-electron chi connectivity index (χ1n) is 7.13. The molecule has 0 bridgehead atoms. The van der Waals surface area contributed by atoms with Gasteiger partial charge in [-0.05, 0) is 23.8 Å². The summed E-state index contributed by atoms with van der Waals surface area (Å²) in [5.41, 5.74) is 2.87. The van der Waals surface area contributed by atoms with E-state index in [2.05, 4.69) is 15.3 Å². The van der Waals surface area contributed by atoms with Crippen LogP contribution in [0, 0.1) is 0 Å². The molecule has 1 amide bonds. The van der Waals surface area contributed by atoms with Crippen LogP contribution in [-0.2, 0) is 16.1 Å². The predicted octanol–water partition coefficient (Wildman–Crippen LogP) is 2.04. The van der Waals surface area contributed by atoms with Gasteiger partial charge in [0.05, 0.1) is 22.9 Å². The van der Waals surface area contributed by atoms with Crippen molar-refractivity contribution in [2.24, 2.45) is 0 Å². The van der Waals surface area contributed by atoms with Gasteiger partial charge in [-0.2, -0.15) is 0 Å². The zero-order valence-electron chi connectivity index (χ0n) is 12.3. The van der Waals surface area contributed by atoms with E-state index in [4.69, 9.17) is 4.74 Å². The Morgan fingerprint density at radius 3 is 2.78 bits per heavy atom. The Morgan fingerprint density at radius 2 is 1.96 bits per heavy atom.